The zero-order valence-electron chi connectivity index (χ0n) is 14.6. The fourth-order valence-electron chi connectivity index (χ4n) is 3.47. The molecule has 134 valence electrons. The van der Waals surface area contributed by atoms with Gasteiger partial charge in [-0.2, -0.15) is 0 Å². The number of benzene rings is 1. The molecule has 0 unspecified atom stereocenters. The number of amides is 1. The highest BCUT2D eigenvalue weighted by molar-refractivity contribution is 5.91. The number of hydrogen-bond acceptors (Lipinski definition) is 4. The molecule has 1 aliphatic heterocycles. The average molecular weight is 343 g/mol. The summed E-state index contributed by atoms with van der Waals surface area (Å²) < 4.78 is 7.40. The summed E-state index contributed by atoms with van der Waals surface area (Å²) in [4.78, 5) is 24.9. The molecule has 6 heteroatoms. The highest BCUT2D eigenvalue weighted by atomic mass is 16.5. The second-order valence-corrected chi connectivity index (χ2v) is 6.76. The van der Waals surface area contributed by atoms with Crippen LogP contribution < -0.4 is 5.73 Å². The van der Waals surface area contributed by atoms with Gasteiger partial charge in [0.25, 0.3) is 0 Å². The van der Waals surface area contributed by atoms with Crippen molar-refractivity contribution in [3.8, 4) is 0 Å². The third kappa shape index (κ3) is 4.46. The SMILES string of the molecule is CC(=O)n1ccc2cc(C[C@@H]3COCCN(CCC(N)=O)C3)ccc21. The van der Waals surface area contributed by atoms with Gasteiger partial charge in [0.2, 0.25) is 11.8 Å². The van der Waals surface area contributed by atoms with Crippen LogP contribution in [0, 0.1) is 5.92 Å². The first kappa shape index (κ1) is 17.6. The summed E-state index contributed by atoms with van der Waals surface area (Å²) in [6.45, 7) is 5.41. The van der Waals surface area contributed by atoms with Crippen molar-refractivity contribution < 1.29 is 14.3 Å². The van der Waals surface area contributed by atoms with Gasteiger partial charge in [0.15, 0.2) is 0 Å². The van der Waals surface area contributed by atoms with Crippen LogP contribution in [-0.2, 0) is 16.0 Å². The van der Waals surface area contributed by atoms with Crippen LogP contribution in [0.25, 0.3) is 10.9 Å². The fourth-order valence-corrected chi connectivity index (χ4v) is 3.47. The van der Waals surface area contributed by atoms with Gasteiger partial charge >= 0.3 is 0 Å². The highest BCUT2D eigenvalue weighted by Gasteiger charge is 2.19. The monoisotopic (exact) mass is 343 g/mol. The Balaban J connectivity index is 1.68. The molecule has 1 fully saturated rings. The summed E-state index contributed by atoms with van der Waals surface area (Å²) >= 11 is 0. The lowest BCUT2D eigenvalue weighted by molar-refractivity contribution is -0.118. The maximum atomic E-state index is 11.6. The molecule has 0 saturated carbocycles. The minimum absolute atomic E-state index is 0.0185. The van der Waals surface area contributed by atoms with Crippen molar-refractivity contribution in [1.82, 2.24) is 9.47 Å². The van der Waals surface area contributed by atoms with Crippen molar-refractivity contribution in [3.05, 3.63) is 36.0 Å². The van der Waals surface area contributed by atoms with Crippen molar-refractivity contribution >= 4 is 22.7 Å². The normalized spacial score (nSPS) is 19.0. The Bertz CT molecular complexity index is 768. The van der Waals surface area contributed by atoms with Crippen LogP contribution in [0.4, 0.5) is 0 Å². The summed E-state index contributed by atoms with van der Waals surface area (Å²) in [5, 5.41) is 1.08. The van der Waals surface area contributed by atoms with Crippen molar-refractivity contribution in [2.45, 2.75) is 19.8 Å². The lowest BCUT2D eigenvalue weighted by Crippen LogP contribution is -2.33. The van der Waals surface area contributed by atoms with Crippen LogP contribution in [-0.4, -0.2) is 54.1 Å². The molecule has 3 rings (SSSR count). The molecule has 1 aromatic heterocycles. The Morgan fingerprint density at radius 2 is 2.16 bits per heavy atom. The molecular formula is C19H25N3O3. The first-order chi connectivity index (χ1) is 12.0. The quantitative estimate of drug-likeness (QED) is 0.896. The third-order valence-corrected chi connectivity index (χ3v) is 4.71. The van der Waals surface area contributed by atoms with E-state index in [0.29, 0.717) is 25.5 Å². The van der Waals surface area contributed by atoms with Gasteiger partial charge in [0.1, 0.15) is 0 Å². The molecule has 1 amide bonds. The summed E-state index contributed by atoms with van der Waals surface area (Å²) in [6, 6.07) is 8.21. The Kier molecular flexibility index (Phi) is 5.50. The Morgan fingerprint density at radius 3 is 2.92 bits per heavy atom. The minimum atomic E-state index is -0.262. The molecule has 6 nitrogen and oxygen atoms in total. The maximum Gasteiger partial charge on any atom is 0.227 e. The smallest absolute Gasteiger partial charge is 0.227 e. The molecule has 0 aliphatic carbocycles. The second kappa shape index (κ2) is 7.80. The van der Waals surface area contributed by atoms with E-state index in [0.717, 1.165) is 37.0 Å². The van der Waals surface area contributed by atoms with E-state index in [4.69, 9.17) is 10.5 Å². The number of nitrogens with zero attached hydrogens (tertiary/aromatic N) is 2. The Morgan fingerprint density at radius 1 is 1.32 bits per heavy atom. The van der Waals surface area contributed by atoms with Crippen molar-refractivity contribution in [1.29, 1.82) is 0 Å². The number of fused-ring (bicyclic) bond motifs is 1. The fraction of sp³-hybridized carbons (Fsp3) is 0.474. The lowest BCUT2D eigenvalue weighted by Gasteiger charge is -2.22. The zero-order chi connectivity index (χ0) is 17.8. The standard InChI is InChI=1S/C19H25N3O3/c1-14(23)22-7-4-17-11-15(2-3-18(17)22)10-16-12-21(6-5-19(20)24)8-9-25-13-16/h2-4,7,11,16H,5-6,8-10,12-13H2,1H3,(H2,20,24)/t16-/m0/s1. The molecule has 1 aromatic carbocycles. The number of primary amides is 1. The van der Waals surface area contributed by atoms with E-state index in [1.807, 2.05) is 18.3 Å². The van der Waals surface area contributed by atoms with Crippen LogP contribution >= 0.6 is 0 Å². The minimum Gasteiger partial charge on any atom is -0.380 e. The largest absolute Gasteiger partial charge is 0.380 e. The molecule has 2 heterocycles. The van der Waals surface area contributed by atoms with Crippen LogP contribution in [0.3, 0.4) is 0 Å². The van der Waals surface area contributed by atoms with Gasteiger partial charge in [-0.3, -0.25) is 14.2 Å². The number of rotatable bonds is 5. The molecule has 2 N–H and O–H groups in total. The highest BCUT2D eigenvalue weighted by Crippen LogP contribution is 2.21. The first-order valence-corrected chi connectivity index (χ1v) is 8.72. The molecular weight excluding hydrogens is 318 g/mol. The summed E-state index contributed by atoms with van der Waals surface area (Å²) in [6.07, 6.45) is 3.11. The molecule has 1 saturated heterocycles. The molecule has 1 atom stereocenters. The number of carbonyl (C=O) groups excluding carboxylic acids is 2. The molecule has 25 heavy (non-hydrogen) atoms. The maximum absolute atomic E-state index is 11.6. The van der Waals surface area contributed by atoms with Crippen molar-refractivity contribution in [3.63, 3.8) is 0 Å². The van der Waals surface area contributed by atoms with E-state index in [-0.39, 0.29) is 11.8 Å². The third-order valence-electron chi connectivity index (χ3n) is 4.71. The average Bonchev–Trinajstić information content (AvgIpc) is 2.86. The van der Waals surface area contributed by atoms with Crippen molar-refractivity contribution in [2.24, 2.45) is 11.7 Å². The first-order valence-electron chi connectivity index (χ1n) is 8.72. The molecule has 1 aliphatic rings. The van der Waals surface area contributed by atoms with Gasteiger partial charge in [-0.15, -0.1) is 0 Å². The van der Waals surface area contributed by atoms with Crippen LogP contribution in [0.1, 0.15) is 23.7 Å². The molecule has 0 radical (unpaired) electrons. The Labute approximate surface area is 147 Å². The van der Waals surface area contributed by atoms with E-state index < -0.39 is 0 Å². The van der Waals surface area contributed by atoms with Gasteiger partial charge in [-0.25, -0.2) is 0 Å². The van der Waals surface area contributed by atoms with Crippen molar-refractivity contribution in [2.75, 3.05) is 32.8 Å². The predicted octanol–water partition coefficient (Wildman–Crippen LogP) is 1.67. The molecule has 0 spiro atoms. The van der Waals surface area contributed by atoms with E-state index in [1.165, 1.54) is 5.56 Å². The van der Waals surface area contributed by atoms with Gasteiger partial charge in [-0.1, -0.05) is 6.07 Å². The van der Waals surface area contributed by atoms with E-state index in [1.54, 1.807) is 11.5 Å². The van der Waals surface area contributed by atoms with E-state index in [2.05, 4.69) is 17.0 Å². The number of nitrogens with two attached hydrogens (primary N) is 1. The zero-order valence-corrected chi connectivity index (χ0v) is 14.6. The van der Waals surface area contributed by atoms with Crippen LogP contribution in [0.2, 0.25) is 0 Å². The number of hydrogen-bond donors (Lipinski definition) is 1. The van der Waals surface area contributed by atoms with Gasteiger partial charge < -0.3 is 15.4 Å². The topological polar surface area (TPSA) is 77.6 Å². The van der Waals surface area contributed by atoms with Gasteiger partial charge in [0.05, 0.1) is 18.7 Å². The molecule has 2 aromatic rings. The lowest BCUT2D eigenvalue weighted by atomic mass is 9.98. The van der Waals surface area contributed by atoms with Crippen LogP contribution in [0.5, 0.6) is 0 Å². The summed E-state index contributed by atoms with van der Waals surface area (Å²) in [5.41, 5.74) is 7.44. The summed E-state index contributed by atoms with van der Waals surface area (Å²) in [7, 11) is 0. The second-order valence-electron chi connectivity index (χ2n) is 6.76. The van der Waals surface area contributed by atoms with E-state index >= 15 is 0 Å². The number of aromatic nitrogens is 1. The summed E-state index contributed by atoms with van der Waals surface area (Å²) in [5.74, 6) is 0.134. The predicted molar refractivity (Wildman–Crippen MR) is 96.5 cm³/mol. The van der Waals surface area contributed by atoms with E-state index in [9.17, 15) is 9.59 Å². The Hall–Kier alpha value is -2.18. The molecule has 0 bridgehead atoms. The van der Waals surface area contributed by atoms with Gasteiger partial charge in [0, 0.05) is 44.6 Å². The number of carbonyl (C=O) groups is 2. The van der Waals surface area contributed by atoms with Crippen LogP contribution in [0.15, 0.2) is 30.5 Å². The van der Waals surface area contributed by atoms with Gasteiger partial charge in [-0.05, 0) is 36.1 Å². The number of ether oxygens (including phenoxy) is 1.